The number of para-hydroxylation sites is 1. The second-order valence-corrected chi connectivity index (χ2v) is 9.36. The molecule has 3 N–H and O–H groups in total. The number of unbranched alkanes of at least 4 members (excludes halogenated alkanes) is 11. The number of benzene rings is 1. The van der Waals surface area contributed by atoms with Crippen LogP contribution in [-0.4, -0.2) is 28.0 Å². The van der Waals surface area contributed by atoms with Gasteiger partial charge in [-0.1, -0.05) is 88.6 Å². The second kappa shape index (κ2) is 19.6. The number of carbonyl (C=O) groups is 2. The van der Waals surface area contributed by atoms with E-state index in [2.05, 4.69) is 29.4 Å². The fourth-order valence-corrected chi connectivity index (χ4v) is 4.34. The van der Waals surface area contributed by atoms with E-state index in [1.807, 2.05) is 30.5 Å². The summed E-state index contributed by atoms with van der Waals surface area (Å²) in [7, 11) is 0. The summed E-state index contributed by atoms with van der Waals surface area (Å²) in [6.45, 7) is 2.25. The van der Waals surface area contributed by atoms with Gasteiger partial charge >= 0.3 is 35.5 Å². The molecule has 1 heterocycles. The third-order valence-electron chi connectivity index (χ3n) is 6.40. The summed E-state index contributed by atoms with van der Waals surface area (Å²) in [6.07, 6.45) is 22.9. The van der Waals surface area contributed by atoms with E-state index in [9.17, 15) is 14.7 Å². The predicted molar refractivity (Wildman–Crippen MR) is 142 cm³/mol. The first-order valence-corrected chi connectivity index (χ1v) is 13.3. The van der Waals surface area contributed by atoms with Crippen LogP contribution in [0.25, 0.3) is 10.9 Å². The van der Waals surface area contributed by atoms with Crippen LogP contribution in [0.5, 0.6) is 0 Å². The zero-order chi connectivity index (χ0) is 24.4. The molecule has 5 nitrogen and oxygen atoms in total. The van der Waals surface area contributed by atoms with Gasteiger partial charge in [0, 0.05) is 29.9 Å². The Balaban J connectivity index is 0.00000612. The molecule has 2 rings (SSSR count). The van der Waals surface area contributed by atoms with Gasteiger partial charge in [0.2, 0.25) is 5.91 Å². The van der Waals surface area contributed by atoms with Crippen LogP contribution in [0.1, 0.15) is 104 Å². The molecule has 0 radical (unpaired) electrons. The summed E-state index contributed by atoms with van der Waals surface area (Å²) in [4.78, 5) is 27.1. The van der Waals surface area contributed by atoms with Crippen molar-refractivity contribution in [3.63, 3.8) is 0 Å². The molecule has 0 saturated carbocycles. The topological polar surface area (TPSA) is 82.2 Å². The van der Waals surface area contributed by atoms with Gasteiger partial charge in [-0.05, 0) is 43.7 Å². The average molecular weight is 493 g/mol. The van der Waals surface area contributed by atoms with Gasteiger partial charge < -0.3 is 16.8 Å². The molecule has 35 heavy (non-hydrogen) atoms. The van der Waals surface area contributed by atoms with Crippen LogP contribution in [0, 0.1) is 0 Å². The van der Waals surface area contributed by atoms with E-state index < -0.39 is 12.0 Å². The van der Waals surface area contributed by atoms with Gasteiger partial charge in [-0.3, -0.25) is 4.79 Å². The van der Waals surface area contributed by atoms with Crippen LogP contribution in [0.15, 0.2) is 42.6 Å². The molecule has 190 valence electrons. The summed E-state index contributed by atoms with van der Waals surface area (Å²) in [5, 5.41) is 13.3. The number of fused-ring (bicyclic) bond motifs is 1. The van der Waals surface area contributed by atoms with Gasteiger partial charge in [0.15, 0.2) is 0 Å². The Hall–Kier alpha value is -1.56. The van der Waals surface area contributed by atoms with Crippen molar-refractivity contribution >= 4 is 22.8 Å². The molecule has 1 aromatic heterocycles. The molecule has 1 atom stereocenters. The molecule has 2 aromatic rings. The standard InChI is InChI=1S/C29H44N2O3.Na.H/c1-2-3-4-5-6-7-8-9-10-11-12-13-14-15-16-21-28(32)31-27(29(33)34)22-24-23-30-26-20-18-17-19-25(24)26;;/h9-10,17-20,23,27,30H,2-8,11-16,21-22H2,1H3,(H,31,32)(H,33,34);;/q;+1;-1/b10-9-;;/t27-;;/m0../s1. The second-order valence-electron chi connectivity index (χ2n) is 9.36. The smallest absolute Gasteiger partial charge is 1.00 e. The maximum Gasteiger partial charge on any atom is 1.00 e. The fraction of sp³-hybridized carbons (Fsp3) is 0.586. The number of carboxylic acid groups (broad SMARTS) is 1. The van der Waals surface area contributed by atoms with Crippen molar-refractivity contribution in [2.75, 3.05) is 0 Å². The summed E-state index contributed by atoms with van der Waals surface area (Å²) in [6, 6.07) is 6.89. The van der Waals surface area contributed by atoms with E-state index in [1.165, 1.54) is 57.8 Å². The SMILES string of the molecule is CCCCCCCC/C=C\CCCCCCCC(=O)N[C@@H](Cc1c[nH]c2ccccc12)C(=O)O.[H-].[Na+]. The molecule has 0 aliphatic carbocycles. The minimum absolute atomic E-state index is 0. The van der Waals surface area contributed by atoms with Crippen LogP contribution in [0.3, 0.4) is 0 Å². The number of H-pyrrole nitrogens is 1. The third-order valence-corrected chi connectivity index (χ3v) is 6.40. The van der Waals surface area contributed by atoms with Crippen molar-refractivity contribution in [1.29, 1.82) is 0 Å². The number of aromatic amines is 1. The molecule has 0 aliphatic rings. The molecule has 0 fully saturated rings. The van der Waals surface area contributed by atoms with E-state index >= 15 is 0 Å². The largest absolute Gasteiger partial charge is 1.00 e. The first-order valence-electron chi connectivity index (χ1n) is 13.3. The number of hydrogen-bond donors (Lipinski definition) is 3. The molecular weight excluding hydrogens is 447 g/mol. The minimum atomic E-state index is -0.997. The molecular formula is C29H45N2NaO3. The maximum absolute atomic E-state index is 12.3. The number of carbonyl (C=O) groups excluding carboxylic acids is 1. The van der Waals surface area contributed by atoms with Crippen LogP contribution in [0.2, 0.25) is 0 Å². The first kappa shape index (κ1) is 31.5. The predicted octanol–water partition coefficient (Wildman–Crippen LogP) is 4.43. The van der Waals surface area contributed by atoms with Gasteiger partial charge in [-0.2, -0.15) is 0 Å². The van der Waals surface area contributed by atoms with Gasteiger partial charge in [-0.15, -0.1) is 0 Å². The number of aliphatic carboxylic acids is 1. The Morgan fingerprint density at radius 3 is 2.20 bits per heavy atom. The maximum atomic E-state index is 12.3. The Morgan fingerprint density at radius 2 is 1.54 bits per heavy atom. The first-order chi connectivity index (χ1) is 16.6. The summed E-state index contributed by atoms with van der Waals surface area (Å²) >= 11 is 0. The van der Waals surface area contributed by atoms with Crippen LogP contribution >= 0.6 is 0 Å². The van der Waals surface area contributed by atoms with Gasteiger partial charge in [0.1, 0.15) is 6.04 Å². The number of amides is 1. The van der Waals surface area contributed by atoms with E-state index in [0.29, 0.717) is 6.42 Å². The molecule has 0 spiro atoms. The number of allylic oxidation sites excluding steroid dienone is 2. The number of rotatable bonds is 19. The van der Waals surface area contributed by atoms with E-state index in [0.717, 1.165) is 42.1 Å². The van der Waals surface area contributed by atoms with Gasteiger partial charge in [-0.25, -0.2) is 4.79 Å². The number of aromatic nitrogens is 1. The van der Waals surface area contributed by atoms with Crippen molar-refractivity contribution in [3.8, 4) is 0 Å². The van der Waals surface area contributed by atoms with Crippen LogP contribution in [0.4, 0.5) is 0 Å². The number of nitrogens with one attached hydrogen (secondary N) is 2. The molecule has 0 unspecified atom stereocenters. The number of carboxylic acids is 1. The van der Waals surface area contributed by atoms with Gasteiger partial charge in [0.25, 0.3) is 0 Å². The summed E-state index contributed by atoms with van der Waals surface area (Å²) < 4.78 is 0. The fourth-order valence-electron chi connectivity index (χ4n) is 4.34. The van der Waals surface area contributed by atoms with E-state index in [1.54, 1.807) is 0 Å². The molecule has 6 heteroatoms. The Bertz CT molecular complexity index is 884. The normalized spacial score (nSPS) is 12.0. The molecule has 0 saturated heterocycles. The Labute approximate surface area is 235 Å². The monoisotopic (exact) mass is 492 g/mol. The quantitative estimate of drug-likeness (QED) is 0.154. The summed E-state index contributed by atoms with van der Waals surface area (Å²) in [5.41, 5.74) is 1.88. The molecule has 1 amide bonds. The van der Waals surface area contributed by atoms with Crippen LogP contribution < -0.4 is 34.9 Å². The zero-order valence-corrected chi connectivity index (χ0v) is 24.0. The van der Waals surface area contributed by atoms with Crippen molar-refractivity contribution in [1.82, 2.24) is 10.3 Å². The Morgan fingerprint density at radius 1 is 0.943 bits per heavy atom. The summed E-state index contributed by atoms with van der Waals surface area (Å²) in [5.74, 6) is -1.17. The molecule has 0 aliphatic heterocycles. The van der Waals surface area contributed by atoms with Gasteiger partial charge in [0.05, 0.1) is 0 Å². The Kier molecular flexibility index (Phi) is 17.6. The molecule has 1 aromatic carbocycles. The zero-order valence-electron chi connectivity index (χ0n) is 23.0. The third kappa shape index (κ3) is 13.4. The molecule has 0 bridgehead atoms. The van der Waals surface area contributed by atoms with Crippen molar-refractivity contribution in [2.24, 2.45) is 0 Å². The van der Waals surface area contributed by atoms with E-state index in [4.69, 9.17) is 0 Å². The van der Waals surface area contributed by atoms with Crippen molar-refractivity contribution in [3.05, 3.63) is 48.2 Å². The van der Waals surface area contributed by atoms with Crippen molar-refractivity contribution in [2.45, 2.75) is 109 Å². The van der Waals surface area contributed by atoms with Crippen LogP contribution in [-0.2, 0) is 16.0 Å². The number of hydrogen-bond acceptors (Lipinski definition) is 2. The average Bonchev–Trinajstić information content (AvgIpc) is 3.24. The van der Waals surface area contributed by atoms with Crippen molar-refractivity contribution < 1.29 is 45.7 Å². The minimum Gasteiger partial charge on any atom is -1.00 e. The van der Waals surface area contributed by atoms with E-state index in [-0.39, 0.29) is 43.3 Å².